The minimum atomic E-state index is -0.131. The van der Waals surface area contributed by atoms with Gasteiger partial charge in [-0.05, 0) is 24.6 Å². The van der Waals surface area contributed by atoms with Gasteiger partial charge in [0.05, 0.1) is 13.2 Å². The number of nitrogens with one attached hydrogen (secondary N) is 3. The Morgan fingerprint density at radius 2 is 1.76 bits per heavy atom. The molecule has 1 rings (SSSR count). The Morgan fingerprint density at radius 3 is 2.33 bits per heavy atom. The maximum absolute atomic E-state index is 11.8. The monoisotopic (exact) mass is 293 g/mol. The molecule has 6 heteroatoms. The molecule has 21 heavy (non-hydrogen) atoms. The summed E-state index contributed by atoms with van der Waals surface area (Å²) < 4.78 is 4.89. The van der Waals surface area contributed by atoms with E-state index in [1.165, 1.54) is 0 Å². The van der Waals surface area contributed by atoms with Crippen LogP contribution in [0.25, 0.3) is 0 Å². The predicted octanol–water partition coefficient (Wildman–Crippen LogP) is 1.52. The summed E-state index contributed by atoms with van der Waals surface area (Å²) in [7, 11) is 1.61. The highest BCUT2D eigenvalue weighted by atomic mass is 16.5. The summed E-state index contributed by atoms with van der Waals surface area (Å²) >= 11 is 0. The zero-order valence-corrected chi connectivity index (χ0v) is 12.8. The van der Waals surface area contributed by atoms with Crippen LogP contribution in [0, 0.1) is 6.92 Å². The van der Waals surface area contributed by atoms with Crippen LogP contribution in [-0.4, -0.2) is 38.6 Å². The van der Waals surface area contributed by atoms with E-state index < -0.39 is 0 Å². The van der Waals surface area contributed by atoms with Gasteiger partial charge in [-0.15, -0.1) is 0 Å². The lowest BCUT2D eigenvalue weighted by atomic mass is 10.1. The lowest BCUT2D eigenvalue weighted by Crippen LogP contribution is -2.30. The van der Waals surface area contributed by atoms with Crippen LogP contribution >= 0.6 is 0 Å². The summed E-state index contributed by atoms with van der Waals surface area (Å²) in [5, 5.41) is 8.61. The third-order valence-electron chi connectivity index (χ3n) is 2.97. The smallest absolute Gasteiger partial charge is 0.238 e. The van der Waals surface area contributed by atoms with Crippen LogP contribution in [0.3, 0.4) is 0 Å². The molecular formula is C15H23N3O3. The highest BCUT2D eigenvalue weighted by molar-refractivity contribution is 5.96. The number of carbonyl (C=O) groups is 2. The molecule has 116 valence electrons. The first-order valence-electron chi connectivity index (χ1n) is 6.97. The lowest BCUT2D eigenvalue weighted by Gasteiger charge is -2.13. The zero-order chi connectivity index (χ0) is 15.7. The first-order chi connectivity index (χ1) is 10.1. The van der Waals surface area contributed by atoms with E-state index >= 15 is 0 Å². The number of anilines is 2. The van der Waals surface area contributed by atoms with Gasteiger partial charge in [-0.25, -0.2) is 0 Å². The predicted molar refractivity (Wildman–Crippen MR) is 83.5 cm³/mol. The van der Waals surface area contributed by atoms with Gasteiger partial charge in [-0.2, -0.15) is 0 Å². The van der Waals surface area contributed by atoms with Crippen molar-refractivity contribution in [3.8, 4) is 0 Å². The number of carbonyl (C=O) groups excluding carboxylic acids is 2. The Kier molecular flexibility index (Phi) is 7.42. The largest absolute Gasteiger partial charge is 0.383 e. The van der Waals surface area contributed by atoms with E-state index in [0.29, 0.717) is 30.9 Å². The van der Waals surface area contributed by atoms with Gasteiger partial charge in [0.1, 0.15) is 0 Å². The fourth-order valence-corrected chi connectivity index (χ4v) is 1.72. The second-order valence-corrected chi connectivity index (χ2v) is 4.60. The molecule has 2 amide bonds. The third kappa shape index (κ3) is 5.93. The van der Waals surface area contributed by atoms with Crippen molar-refractivity contribution in [3.63, 3.8) is 0 Å². The summed E-state index contributed by atoms with van der Waals surface area (Å²) in [5.41, 5.74) is 2.25. The Labute approximate surface area is 125 Å². The van der Waals surface area contributed by atoms with Crippen molar-refractivity contribution in [2.24, 2.45) is 0 Å². The van der Waals surface area contributed by atoms with Crippen LogP contribution in [-0.2, 0) is 14.3 Å². The van der Waals surface area contributed by atoms with Gasteiger partial charge in [0.25, 0.3) is 0 Å². The highest BCUT2D eigenvalue weighted by Gasteiger charge is 2.08. The Balaban J connectivity index is 2.60. The molecule has 1 aromatic rings. The van der Waals surface area contributed by atoms with Gasteiger partial charge in [0, 0.05) is 31.5 Å². The molecule has 0 aliphatic rings. The van der Waals surface area contributed by atoms with Crippen molar-refractivity contribution < 1.29 is 14.3 Å². The molecule has 0 heterocycles. The van der Waals surface area contributed by atoms with E-state index in [1.807, 2.05) is 19.1 Å². The van der Waals surface area contributed by atoms with Crippen LogP contribution < -0.4 is 16.0 Å². The number of amides is 2. The van der Waals surface area contributed by atoms with Gasteiger partial charge in [0.2, 0.25) is 11.8 Å². The van der Waals surface area contributed by atoms with Gasteiger partial charge < -0.3 is 20.7 Å². The topological polar surface area (TPSA) is 79.5 Å². The highest BCUT2D eigenvalue weighted by Crippen LogP contribution is 2.23. The van der Waals surface area contributed by atoms with E-state index in [1.54, 1.807) is 20.1 Å². The maximum atomic E-state index is 11.8. The molecular weight excluding hydrogens is 270 g/mol. The minimum Gasteiger partial charge on any atom is -0.383 e. The second-order valence-electron chi connectivity index (χ2n) is 4.60. The number of ether oxygens (including phenoxy) is 1. The number of hydrogen-bond acceptors (Lipinski definition) is 4. The molecule has 0 atom stereocenters. The molecule has 0 aliphatic carbocycles. The molecule has 0 unspecified atom stereocenters. The molecule has 6 nitrogen and oxygen atoms in total. The minimum absolute atomic E-state index is 0.0530. The molecule has 0 saturated heterocycles. The van der Waals surface area contributed by atoms with E-state index in [0.717, 1.165) is 5.56 Å². The molecule has 3 N–H and O–H groups in total. The zero-order valence-electron chi connectivity index (χ0n) is 12.8. The quantitative estimate of drug-likeness (QED) is 0.635. The SMILES string of the molecule is CCC(=O)Nc1cccc(NC(=O)CNCCOC)c1C. The summed E-state index contributed by atoms with van der Waals surface area (Å²) in [6.07, 6.45) is 0.416. The van der Waals surface area contributed by atoms with Gasteiger partial charge >= 0.3 is 0 Å². The van der Waals surface area contributed by atoms with E-state index in [9.17, 15) is 9.59 Å². The molecule has 0 aliphatic heterocycles. The Hall–Kier alpha value is -1.92. The fraction of sp³-hybridized carbons (Fsp3) is 0.467. The lowest BCUT2D eigenvalue weighted by molar-refractivity contribution is -0.116. The summed E-state index contributed by atoms with van der Waals surface area (Å²) in [4.78, 5) is 23.3. The Bertz CT molecular complexity index is 489. The summed E-state index contributed by atoms with van der Waals surface area (Å²) in [6, 6.07) is 5.42. The fourth-order valence-electron chi connectivity index (χ4n) is 1.72. The number of methoxy groups -OCH3 is 1. The van der Waals surface area contributed by atoms with Crippen molar-refractivity contribution in [2.75, 3.05) is 37.4 Å². The van der Waals surface area contributed by atoms with Crippen molar-refractivity contribution in [1.29, 1.82) is 0 Å². The number of benzene rings is 1. The Morgan fingerprint density at radius 1 is 1.14 bits per heavy atom. The molecule has 0 aromatic heterocycles. The van der Waals surface area contributed by atoms with Crippen molar-refractivity contribution in [2.45, 2.75) is 20.3 Å². The molecule has 0 fully saturated rings. The summed E-state index contributed by atoms with van der Waals surface area (Å²) in [5.74, 6) is -0.184. The normalized spacial score (nSPS) is 10.2. The van der Waals surface area contributed by atoms with Crippen molar-refractivity contribution in [3.05, 3.63) is 23.8 Å². The van der Waals surface area contributed by atoms with Crippen molar-refractivity contribution in [1.82, 2.24) is 5.32 Å². The first-order valence-corrected chi connectivity index (χ1v) is 6.97. The van der Waals surface area contributed by atoms with Gasteiger partial charge in [-0.3, -0.25) is 9.59 Å². The van der Waals surface area contributed by atoms with Crippen LogP contribution in [0.1, 0.15) is 18.9 Å². The standard InChI is InChI=1S/C15H23N3O3/c1-4-14(19)17-12-6-5-7-13(11(12)2)18-15(20)10-16-8-9-21-3/h5-7,16H,4,8-10H2,1-3H3,(H,17,19)(H,18,20). The van der Waals surface area contributed by atoms with Crippen LogP contribution in [0.4, 0.5) is 11.4 Å². The first kappa shape index (κ1) is 17.1. The van der Waals surface area contributed by atoms with Gasteiger partial charge in [0.15, 0.2) is 0 Å². The number of hydrogen-bond donors (Lipinski definition) is 3. The van der Waals surface area contributed by atoms with Crippen LogP contribution in [0.15, 0.2) is 18.2 Å². The van der Waals surface area contributed by atoms with Crippen LogP contribution in [0.5, 0.6) is 0 Å². The second kappa shape index (κ2) is 9.10. The average molecular weight is 293 g/mol. The molecule has 0 saturated carbocycles. The molecule has 0 radical (unpaired) electrons. The van der Waals surface area contributed by atoms with Gasteiger partial charge in [-0.1, -0.05) is 13.0 Å². The molecule has 0 spiro atoms. The van der Waals surface area contributed by atoms with Crippen molar-refractivity contribution >= 4 is 23.2 Å². The van der Waals surface area contributed by atoms with E-state index in [4.69, 9.17) is 4.74 Å². The van der Waals surface area contributed by atoms with E-state index in [-0.39, 0.29) is 18.4 Å². The number of rotatable bonds is 8. The third-order valence-corrected chi connectivity index (χ3v) is 2.97. The molecule has 0 bridgehead atoms. The van der Waals surface area contributed by atoms with Crippen LogP contribution in [0.2, 0.25) is 0 Å². The maximum Gasteiger partial charge on any atom is 0.238 e. The van der Waals surface area contributed by atoms with E-state index in [2.05, 4.69) is 16.0 Å². The average Bonchev–Trinajstić information content (AvgIpc) is 2.47. The summed E-state index contributed by atoms with van der Waals surface area (Å²) in [6.45, 7) is 5.05. The molecule has 1 aromatic carbocycles.